The van der Waals surface area contributed by atoms with Crippen molar-refractivity contribution in [3.05, 3.63) is 54.1 Å². The fraction of sp³-hybridized carbons (Fsp3) is 0.318. The van der Waals surface area contributed by atoms with Crippen LogP contribution >= 0.6 is 11.8 Å². The number of carbonyl (C=O) groups is 3. The average molecular weight is 461 g/mol. The molecule has 0 saturated carbocycles. The lowest BCUT2D eigenvalue weighted by Gasteiger charge is -2.35. The molecule has 2 aliphatic heterocycles. The van der Waals surface area contributed by atoms with E-state index in [0.717, 1.165) is 10.6 Å². The maximum Gasteiger partial charge on any atom is 0.387 e. The van der Waals surface area contributed by atoms with Gasteiger partial charge in [-0.2, -0.15) is 8.78 Å². The predicted octanol–water partition coefficient (Wildman–Crippen LogP) is 3.08. The molecule has 0 bridgehead atoms. The molecule has 10 heteroatoms. The number of rotatable bonds is 5. The number of halogens is 2. The molecule has 2 heterocycles. The van der Waals surface area contributed by atoms with E-state index in [1.807, 2.05) is 24.3 Å². The van der Waals surface area contributed by atoms with E-state index in [4.69, 9.17) is 0 Å². The lowest BCUT2D eigenvalue weighted by atomic mass is 10.1. The topological polar surface area (TPSA) is 79.0 Å². The molecule has 4 rings (SSSR count). The maximum atomic E-state index is 12.8. The number of anilines is 1. The monoisotopic (exact) mass is 461 g/mol. The summed E-state index contributed by atoms with van der Waals surface area (Å²) in [4.78, 5) is 42.0. The molecule has 2 aromatic rings. The molecular formula is C22H21F2N3O4S. The van der Waals surface area contributed by atoms with Gasteiger partial charge in [0.2, 0.25) is 11.8 Å². The standard InChI is InChI=1S/C22H21F2N3O4S/c23-22(24)31-16-7-3-1-5-14(16)21(30)27-11-9-26(10-12-27)19(28)13-18-20(29)25-15-6-2-4-8-17(15)32-18/h1-8,18,22H,9-13H2,(H,25,29). The number of benzene rings is 2. The van der Waals surface area contributed by atoms with Crippen molar-refractivity contribution in [3.8, 4) is 5.75 Å². The summed E-state index contributed by atoms with van der Waals surface area (Å²) in [6.45, 7) is -1.89. The summed E-state index contributed by atoms with van der Waals surface area (Å²) in [6.07, 6.45) is 0.0594. The second kappa shape index (κ2) is 9.56. The fourth-order valence-electron chi connectivity index (χ4n) is 3.69. The van der Waals surface area contributed by atoms with Crippen LogP contribution in [0.15, 0.2) is 53.4 Å². The van der Waals surface area contributed by atoms with Crippen molar-refractivity contribution < 1.29 is 27.9 Å². The predicted molar refractivity (Wildman–Crippen MR) is 115 cm³/mol. The minimum absolute atomic E-state index is 0.0570. The molecule has 0 spiro atoms. The van der Waals surface area contributed by atoms with Crippen LogP contribution in [0.4, 0.5) is 14.5 Å². The van der Waals surface area contributed by atoms with E-state index in [2.05, 4.69) is 10.1 Å². The number of carbonyl (C=O) groups excluding carboxylic acids is 3. The van der Waals surface area contributed by atoms with E-state index in [-0.39, 0.29) is 42.6 Å². The van der Waals surface area contributed by atoms with Gasteiger partial charge in [-0.15, -0.1) is 11.8 Å². The molecule has 1 unspecified atom stereocenters. The number of hydrogen-bond donors (Lipinski definition) is 1. The second-order valence-corrected chi connectivity index (χ2v) is 8.59. The van der Waals surface area contributed by atoms with E-state index in [1.54, 1.807) is 11.0 Å². The lowest BCUT2D eigenvalue weighted by molar-refractivity contribution is -0.134. The Balaban J connectivity index is 1.34. The van der Waals surface area contributed by atoms with E-state index in [0.29, 0.717) is 13.1 Å². The average Bonchev–Trinajstić information content (AvgIpc) is 2.79. The van der Waals surface area contributed by atoms with Gasteiger partial charge < -0.3 is 19.9 Å². The Labute approximate surface area is 187 Å². The number of hydrogen-bond acceptors (Lipinski definition) is 5. The summed E-state index contributed by atoms with van der Waals surface area (Å²) < 4.78 is 29.7. The quantitative estimate of drug-likeness (QED) is 0.741. The van der Waals surface area contributed by atoms with Crippen LogP contribution in [-0.2, 0) is 9.59 Å². The molecule has 1 N–H and O–H groups in total. The van der Waals surface area contributed by atoms with Crippen molar-refractivity contribution in [2.45, 2.75) is 23.2 Å². The van der Waals surface area contributed by atoms with Crippen LogP contribution in [0.1, 0.15) is 16.8 Å². The van der Waals surface area contributed by atoms with Gasteiger partial charge in [-0.3, -0.25) is 14.4 Å². The minimum Gasteiger partial charge on any atom is -0.434 e. The van der Waals surface area contributed by atoms with Crippen LogP contribution in [0.25, 0.3) is 0 Å². The molecule has 1 atom stereocenters. The largest absolute Gasteiger partial charge is 0.434 e. The Bertz CT molecular complexity index is 1030. The molecule has 7 nitrogen and oxygen atoms in total. The van der Waals surface area contributed by atoms with Crippen LogP contribution in [0.2, 0.25) is 0 Å². The third-order valence-corrected chi connectivity index (χ3v) is 6.59. The van der Waals surface area contributed by atoms with Gasteiger partial charge >= 0.3 is 6.61 Å². The summed E-state index contributed by atoms with van der Waals surface area (Å²) in [5.74, 6) is -0.962. The Kier molecular flexibility index (Phi) is 6.59. The molecular weight excluding hydrogens is 440 g/mol. The van der Waals surface area contributed by atoms with Crippen LogP contribution in [0.3, 0.4) is 0 Å². The molecule has 3 amide bonds. The highest BCUT2D eigenvalue weighted by Gasteiger charge is 2.32. The normalized spacial score (nSPS) is 18.2. The van der Waals surface area contributed by atoms with Crippen molar-refractivity contribution in [1.82, 2.24) is 9.80 Å². The summed E-state index contributed by atoms with van der Waals surface area (Å²) in [5.41, 5.74) is 0.802. The van der Waals surface area contributed by atoms with E-state index >= 15 is 0 Å². The molecule has 0 aromatic heterocycles. The first-order valence-corrected chi connectivity index (χ1v) is 11.0. The van der Waals surface area contributed by atoms with Gasteiger partial charge in [0.05, 0.1) is 16.5 Å². The highest BCUT2D eigenvalue weighted by molar-refractivity contribution is 8.01. The number of nitrogens with one attached hydrogen (secondary N) is 1. The Morgan fingerprint density at radius 2 is 1.69 bits per heavy atom. The number of nitrogens with zero attached hydrogens (tertiary/aromatic N) is 2. The lowest BCUT2D eigenvalue weighted by Crippen LogP contribution is -2.51. The van der Waals surface area contributed by atoms with Crippen LogP contribution in [0.5, 0.6) is 5.75 Å². The van der Waals surface area contributed by atoms with Crippen LogP contribution in [0, 0.1) is 0 Å². The van der Waals surface area contributed by atoms with Crippen molar-refractivity contribution in [2.75, 3.05) is 31.5 Å². The zero-order valence-electron chi connectivity index (χ0n) is 17.0. The summed E-state index contributed by atoms with van der Waals surface area (Å²) >= 11 is 1.37. The molecule has 1 fully saturated rings. The van der Waals surface area contributed by atoms with E-state index in [9.17, 15) is 23.2 Å². The molecule has 0 radical (unpaired) electrons. The van der Waals surface area contributed by atoms with Gasteiger partial charge in [0, 0.05) is 37.5 Å². The molecule has 1 saturated heterocycles. The molecule has 2 aromatic carbocycles. The zero-order valence-corrected chi connectivity index (χ0v) is 17.8. The number of alkyl halides is 2. The van der Waals surface area contributed by atoms with Crippen LogP contribution in [-0.4, -0.2) is 65.6 Å². The molecule has 0 aliphatic carbocycles. The third kappa shape index (κ3) is 4.85. The number of para-hydroxylation sites is 2. The number of fused-ring (bicyclic) bond motifs is 1. The van der Waals surface area contributed by atoms with Gasteiger partial charge in [-0.1, -0.05) is 24.3 Å². The Morgan fingerprint density at radius 1 is 1.03 bits per heavy atom. The highest BCUT2D eigenvalue weighted by atomic mass is 32.2. The molecule has 168 valence electrons. The number of amides is 3. The van der Waals surface area contributed by atoms with Crippen LogP contribution < -0.4 is 10.1 Å². The van der Waals surface area contributed by atoms with Crippen molar-refractivity contribution in [3.63, 3.8) is 0 Å². The SMILES string of the molecule is O=C1Nc2ccccc2SC1CC(=O)N1CCN(C(=O)c2ccccc2OC(F)F)CC1. The first-order valence-electron chi connectivity index (χ1n) is 10.1. The molecule has 32 heavy (non-hydrogen) atoms. The van der Waals surface area contributed by atoms with Gasteiger partial charge in [0.1, 0.15) is 5.75 Å². The Hall–Kier alpha value is -3.14. The van der Waals surface area contributed by atoms with Gasteiger partial charge in [0.15, 0.2) is 0 Å². The van der Waals surface area contributed by atoms with E-state index in [1.165, 1.54) is 34.9 Å². The van der Waals surface area contributed by atoms with Crippen molar-refractivity contribution in [2.24, 2.45) is 0 Å². The summed E-state index contributed by atoms with van der Waals surface area (Å²) in [6, 6.07) is 13.3. The van der Waals surface area contributed by atoms with Crippen molar-refractivity contribution in [1.29, 1.82) is 0 Å². The first-order chi connectivity index (χ1) is 15.4. The third-order valence-electron chi connectivity index (χ3n) is 5.32. The Morgan fingerprint density at radius 3 is 2.44 bits per heavy atom. The number of piperazine rings is 1. The van der Waals surface area contributed by atoms with Gasteiger partial charge in [-0.05, 0) is 24.3 Å². The first kappa shape index (κ1) is 22.1. The number of ether oxygens (including phenoxy) is 1. The smallest absolute Gasteiger partial charge is 0.387 e. The minimum atomic E-state index is -3.03. The maximum absolute atomic E-state index is 12.8. The second-order valence-electron chi connectivity index (χ2n) is 7.34. The fourth-order valence-corrected chi connectivity index (χ4v) is 4.79. The summed E-state index contributed by atoms with van der Waals surface area (Å²) in [7, 11) is 0. The van der Waals surface area contributed by atoms with Gasteiger partial charge in [0.25, 0.3) is 5.91 Å². The highest BCUT2D eigenvalue weighted by Crippen LogP contribution is 2.36. The summed E-state index contributed by atoms with van der Waals surface area (Å²) in [5, 5.41) is 2.31. The zero-order chi connectivity index (χ0) is 22.7. The van der Waals surface area contributed by atoms with Crippen molar-refractivity contribution >= 4 is 35.2 Å². The number of thioether (sulfide) groups is 1. The van der Waals surface area contributed by atoms with E-state index < -0.39 is 17.8 Å². The van der Waals surface area contributed by atoms with Gasteiger partial charge in [-0.25, -0.2) is 0 Å². The molecule has 2 aliphatic rings.